The molecule has 2 fully saturated rings. The standard InChI is InChI=1S/C21H32N4O3/c1-21(2,23-17-6-8-18(28-3)9-7-17)19(26)22-16-10-14-25(15-11-16)20(27)24-12-4-5-13-24/h6-9,16,23H,4-5,10-15H2,1-3H3,(H,22,26). The van der Waals surface area contributed by atoms with Gasteiger partial charge in [0.05, 0.1) is 7.11 Å². The predicted molar refractivity (Wildman–Crippen MR) is 110 cm³/mol. The topological polar surface area (TPSA) is 73.9 Å². The second kappa shape index (κ2) is 8.71. The van der Waals surface area contributed by atoms with Crippen LogP contribution in [0.2, 0.25) is 0 Å². The number of likely N-dealkylation sites (tertiary alicyclic amines) is 2. The third kappa shape index (κ3) is 4.88. The maximum Gasteiger partial charge on any atom is 0.319 e. The molecule has 2 saturated heterocycles. The van der Waals surface area contributed by atoms with Crippen molar-refractivity contribution >= 4 is 17.6 Å². The Morgan fingerprint density at radius 3 is 2.14 bits per heavy atom. The van der Waals surface area contributed by atoms with Crippen LogP contribution in [0, 0.1) is 0 Å². The molecule has 0 atom stereocenters. The van der Waals surface area contributed by atoms with E-state index in [0.29, 0.717) is 13.1 Å². The van der Waals surface area contributed by atoms with E-state index in [4.69, 9.17) is 4.74 Å². The fourth-order valence-corrected chi connectivity index (χ4v) is 3.78. The number of carbonyl (C=O) groups is 2. The molecule has 7 nitrogen and oxygen atoms in total. The number of hydrogen-bond acceptors (Lipinski definition) is 4. The largest absolute Gasteiger partial charge is 0.497 e. The smallest absolute Gasteiger partial charge is 0.319 e. The second-order valence-corrected chi connectivity index (χ2v) is 8.19. The second-order valence-electron chi connectivity index (χ2n) is 8.19. The SMILES string of the molecule is COc1ccc(NC(C)(C)C(=O)NC2CCN(C(=O)N3CCCC3)CC2)cc1. The maximum absolute atomic E-state index is 12.8. The van der Waals surface area contributed by atoms with Crippen molar-refractivity contribution in [2.45, 2.75) is 51.1 Å². The number of carbonyl (C=O) groups excluding carboxylic acids is 2. The van der Waals surface area contributed by atoms with E-state index < -0.39 is 5.54 Å². The van der Waals surface area contributed by atoms with Crippen LogP contribution >= 0.6 is 0 Å². The molecule has 2 N–H and O–H groups in total. The van der Waals surface area contributed by atoms with Crippen LogP contribution in [0.4, 0.5) is 10.5 Å². The predicted octanol–water partition coefficient (Wildman–Crippen LogP) is 2.68. The summed E-state index contributed by atoms with van der Waals surface area (Å²) in [6.07, 6.45) is 3.80. The lowest BCUT2D eigenvalue weighted by atomic mass is 10.00. The highest BCUT2D eigenvalue weighted by molar-refractivity contribution is 5.88. The van der Waals surface area contributed by atoms with Crippen molar-refractivity contribution in [1.29, 1.82) is 0 Å². The number of benzene rings is 1. The lowest BCUT2D eigenvalue weighted by Gasteiger charge is -2.36. The molecule has 28 heavy (non-hydrogen) atoms. The van der Waals surface area contributed by atoms with Crippen LogP contribution in [0.15, 0.2) is 24.3 Å². The molecular weight excluding hydrogens is 356 g/mol. The molecule has 2 heterocycles. The van der Waals surface area contributed by atoms with Gasteiger partial charge in [-0.1, -0.05) is 0 Å². The van der Waals surface area contributed by atoms with Gasteiger partial charge < -0.3 is 25.2 Å². The van der Waals surface area contributed by atoms with Crippen LogP contribution < -0.4 is 15.4 Å². The number of nitrogens with zero attached hydrogens (tertiary/aromatic N) is 2. The number of methoxy groups -OCH3 is 1. The van der Waals surface area contributed by atoms with Crippen LogP contribution in [0.25, 0.3) is 0 Å². The van der Waals surface area contributed by atoms with Gasteiger partial charge in [0.25, 0.3) is 0 Å². The molecule has 2 aliphatic heterocycles. The number of amides is 3. The summed E-state index contributed by atoms with van der Waals surface area (Å²) in [6.45, 7) is 6.90. The fraction of sp³-hybridized carbons (Fsp3) is 0.619. The molecule has 0 bridgehead atoms. The van der Waals surface area contributed by atoms with Crippen molar-refractivity contribution in [2.75, 3.05) is 38.6 Å². The molecular formula is C21H32N4O3. The third-order valence-corrected chi connectivity index (χ3v) is 5.59. The Balaban J connectivity index is 1.47. The van der Waals surface area contributed by atoms with E-state index in [9.17, 15) is 9.59 Å². The molecule has 7 heteroatoms. The number of hydrogen-bond donors (Lipinski definition) is 2. The normalized spacial score (nSPS) is 18.1. The van der Waals surface area contributed by atoms with E-state index in [1.54, 1.807) is 7.11 Å². The zero-order valence-corrected chi connectivity index (χ0v) is 17.2. The average molecular weight is 389 g/mol. The van der Waals surface area contributed by atoms with E-state index in [-0.39, 0.29) is 18.0 Å². The quantitative estimate of drug-likeness (QED) is 0.813. The molecule has 2 aliphatic rings. The summed E-state index contributed by atoms with van der Waals surface area (Å²) in [5.74, 6) is 0.746. The number of urea groups is 1. The van der Waals surface area contributed by atoms with E-state index in [0.717, 1.165) is 50.2 Å². The highest BCUT2D eigenvalue weighted by atomic mass is 16.5. The number of nitrogens with one attached hydrogen (secondary N) is 2. The average Bonchev–Trinajstić information content (AvgIpc) is 3.23. The summed E-state index contributed by atoms with van der Waals surface area (Å²) in [5, 5.41) is 6.44. The molecule has 0 aliphatic carbocycles. The number of anilines is 1. The Morgan fingerprint density at radius 1 is 1.00 bits per heavy atom. The fourth-order valence-electron chi connectivity index (χ4n) is 3.78. The van der Waals surface area contributed by atoms with Gasteiger partial charge in [-0.15, -0.1) is 0 Å². The molecule has 1 aromatic rings. The van der Waals surface area contributed by atoms with Gasteiger partial charge in [-0.05, 0) is 63.8 Å². The summed E-state index contributed by atoms with van der Waals surface area (Å²) < 4.78 is 5.17. The van der Waals surface area contributed by atoms with Crippen molar-refractivity contribution in [3.8, 4) is 5.75 Å². The minimum atomic E-state index is -0.739. The van der Waals surface area contributed by atoms with E-state index >= 15 is 0 Å². The molecule has 0 saturated carbocycles. The number of piperidine rings is 1. The zero-order valence-electron chi connectivity index (χ0n) is 17.2. The molecule has 1 aromatic carbocycles. The molecule has 0 spiro atoms. The van der Waals surface area contributed by atoms with Crippen molar-refractivity contribution < 1.29 is 14.3 Å². The summed E-state index contributed by atoms with van der Waals surface area (Å²) in [4.78, 5) is 29.2. The van der Waals surface area contributed by atoms with Crippen LogP contribution in [-0.4, -0.2) is 66.6 Å². The van der Waals surface area contributed by atoms with Gasteiger partial charge in [-0.25, -0.2) is 4.79 Å². The summed E-state index contributed by atoms with van der Waals surface area (Å²) in [6, 6.07) is 7.79. The van der Waals surface area contributed by atoms with E-state index in [2.05, 4.69) is 10.6 Å². The van der Waals surface area contributed by atoms with Crippen molar-refractivity contribution in [1.82, 2.24) is 15.1 Å². The van der Waals surface area contributed by atoms with Gasteiger partial charge in [0.1, 0.15) is 11.3 Å². The first kappa shape index (κ1) is 20.3. The Bertz CT molecular complexity index is 675. The Labute approximate surface area is 167 Å². The summed E-state index contributed by atoms with van der Waals surface area (Å²) in [5.41, 5.74) is 0.129. The minimum Gasteiger partial charge on any atom is -0.497 e. The van der Waals surface area contributed by atoms with Crippen LogP contribution in [0.1, 0.15) is 39.5 Å². The van der Waals surface area contributed by atoms with Crippen LogP contribution in [0.3, 0.4) is 0 Å². The first-order valence-corrected chi connectivity index (χ1v) is 10.2. The highest BCUT2D eigenvalue weighted by Crippen LogP contribution is 2.21. The molecule has 0 radical (unpaired) electrons. The molecule has 3 rings (SSSR count). The van der Waals surface area contributed by atoms with Gasteiger partial charge in [0, 0.05) is 37.9 Å². The summed E-state index contributed by atoms with van der Waals surface area (Å²) in [7, 11) is 1.63. The molecule has 0 aromatic heterocycles. The molecule has 0 unspecified atom stereocenters. The zero-order chi connectivity index (χ0) is 20.1. The van der Waals surface area contributed by atoms with Crippen LogP contribution in [0.5, 0.6) is 5.75 Å². The van der Waals surface area contributed by atoms with Crippen LogP contribution in [-0.2, 0) is 4.79 Å². The van der Waals surface area contributed by atoms with Crippen molar-refractivity contribution in [2.24, 2.45) is 0 Å². The Morgan fingerprint density at radius 2 is 1.57 bits per heavy atom. The lowest BCUT2D eigenvalue weighted by molar-refractivity contribution is -0.125. The third-order valence-electron chi connectivity index (χ3n) is 5.59. The highest BCUT2D eigenvalue weighted by Gasteiger charge is 2.32. The maximum atomic E-state index is 12.8. The Kier molecular flexibility index (Phi) is 6.31. The van der Waals surface area contributed by atoms with E-state index in [1.807, 2.05) is 47.9 Å². The van der Waals surface area contributed by atoms with Crippen molar-refractivity contribution in [3.63, 3.8) is 0 Å². The van der Waals surface area contributed by atoms with Gasteiger partial charge in [-0.2, -0.15) is 0 Å². The minimum absolute atomic E-state index is 0.0346. The monoisotopic (exact) mass is 388 g/mol. The van der Waals surface area contributed by atoms with Gasteiger partial charge in [0.15, 0.2) is 0 Å². The van der Waals surface area contributed by atoms with Gasteiger partial charge in [-0.3, -0.25) is 4.79 Å². The van der Waals surface area contributed by atoms with Gasteiger partial charge in [0.2, 0.25) is 5.91 Å². The first-order valence-electron chi connectivity index (χ1n) is 10.2. The lowest BCUT2D eigenvalue weighted by Crippen LogP contribution is -2.55. The van der Waals surface area contributed by atoms with Gasteiger partial charge >= 0.3 is 6.03 Å². The number of rotatable bonds is 5. The Hall–Kier alpha value is -2.44. The molecule has 154 valence electrons. The first-order chi connectivity index (χ1) is 13.4. The summed E-state index contributed by atoms with van der Waals surface area (Å²) >= 11 is 0. The number of ether oxygens (including phenoxy) is 1. The van der Waals surface area contributed by atoms with Crippen molar-refractivity contribution in [3.05, 3.63) is 24.3 Å². The molecule has 3 amide bonds. The van der Waals surface area contributed by atoms with E-state index in [1.165, 1.54) is 0 Å².